The molecule has 0 saturated carbocycles. The van der Waals surface area contributed by atoms with Gasteiger partial charge in [-0.1, -0.05) is 33.6 Å². The van der Waals surface area contributed by atoms with Crippen LogP contribution in [0, 0.1) is 5.41 Å². The van der Waals surface area contributed by atoms with Crippen LogP contribution in [0.3, 0.4) is 0 Å². The predicted octanol–water partition coefficient (Wildman–Crippen LogP) is 2.76. The second-order valence-corrected chi connectivity index (χ2v) is 3.97. The van der Waals surface area contributed by atoms with Crippen molar-refractivity contribution >= 4 is 6.47 Å². The summed E-state index contributed by atoms with van der Waals surface area (Å²) in [5, 5.41) is 0. The first-order valence-electron chi connectivity index (χ1n) is 4.63. The first kappa shape index (κ1) is 11.5. The third-order valence-electron chi connectivity index (χ3n) is 2.53. The summed E-state index contributed by atoms with van der Waals surface area (Å²) in [5.74, 6) is 0. The molecule has 0 spiro atoms. The largest absolute Gasteiger partial charge is 0.464 e. The minimum absolute atomic E-state index is 0.0153. The molecule has 0 aliphatic carbocycles. The first-order chi connectivity index (χ1) is 5.54. The lowest BCUT2D eigenvalue weighted by Crippen LogP contribution is -2.28. The Balaban J connectivity index is 3.89. The van der Waals surface area contributed by atoms with Gasteiger partial charge in [0, 0.05) is 5.41 Å². The van der Waals surface area contributed by atoms with E-state index in [9.17, 15) is 4.79 Å². The standard InChI is InChI=1S/C10H20O2/c1-5-6-7-10(3,4)9(2)12-8-11/h8-9H,5-7H2,1-4H3. The van der Waals surface area contributed by atoms with Crippen molar-refractivity contribution < 1.29 is 9.53 Å². The number of hydrogen-bond donors (Lipinski definition) is 0. The van der Waals surface area contributed by atoms with Crippen molar-refractivity contribution in [1.29, 1.82) is 0 Å². The molecule has 0 radical (unpaired) electrons. The monoisotopic (exact) mass is 172 g/mol. The van der Waals surface area contributed by atoms with Gasteiger partial charge in [0.2, 0.25) is 0 Å². The molecule has 0 amide bonds. The van der Waals surface area contributed by atoms with Crippen molar-refractivity contribution in [2.24, 2.45) is 5.41 Å². The van der Waals surface area contributed by atoms with Gasteiger partial charge >= 0.3 is 0 Å². The fourth-order valence-corrected chi connectivity index (χ4v) is 1.10. The third kappa shape index (κ3) is 3.74. The van der Waals surface area contributed by atoms with E-state index in [-0.39, 0.29) is 11.5 Å². The van der Waals surface area contributed by atoms with E-state index in [1.807, 2.05) is 6.92 Å². The van der Waals surface area contributed by atoms with E-state index in [1.165, 1.54) is 12.8 Å². The van der Waals surface area contributed by atoms with Crippen molar-refractivity contribution in [3.63, 3.8) is 0 Å². The second-order valence-electron chi connectivity index (χ2n) is 3.97. The van der Waals surface area contributed by atoms with Gasteiger partial charge in [-0.3, -0.25) is 4.79 Å². The van der Waals surface area contributed by atoms with Crippen LogP contribution in [0.4, 0.5) is 0 Å². The van der Waals surface area contributed by atoms with Crippen LogP contribution in [0.15, 0.2) is 0 Å². The Hall–Kier alpha value is -0.530. The maximum Gasteiger partial charge on any atom is 0.293 e. The molecule has 0 aliphatic heterocycles. The number of rotatable bonds is 6. The van der Waals surface area contributed by atoms with Crippen LogP contribution in [-0.2, 0) is 9.53 Å². The minimum Gasteiger partial charge on any atom is -0.464 e. The van der Waals surface area contributed by atoms with E-state index < -0.39 is 0 Å². The number of ether oxygens (including phenoxy) is 1. The van der Waals surface area contributed by atoms with Gasteiger partial charge < -0.3 is 4.74 Å². The molecule has 12 heavy (non-hydrogen) atoms. The number of carbonyl (C=O) groups excluding carboxylic acids is 1. The highest BCUT2D eigenvalue weighted by Gasteiger charge is 2.26. The Morgan fingerprint density at radius 2 is 2.08 bits per heavy atom. The fraction of sp³-hybridized carbons (Fsp3) is 0.900. The Morgan fingerprint density at radius 1 is 1.50 bits per heavy atom. The van der Waals surface area contributed by atoms with Crippen molar-refractivity contribution in [2.75, 3.05) is 0 Å². The molecule has 72 valence electrons. The average Bonchev–Trinajstić information content (AvgIpc) is 2.01. The summed E-state index contributed by atoms with van der Waals surface area (Å²) in [5.41, 5.74) is 0.108. The molecular formula is C10H20O2. The smallest absolute Gasteiger partial charge is 0.293 e. The number of unbranched alkanes of at least 4 members (excludes halogenated alkanes) is 1. The third-order valence-corrected chi connectivity index (χ3v) is 2.53. The van der Waals surface area contributed by atoms with E-state index in [4.69, 9.17) is 4.74 Å². The van der Waals surface area contributed by atoms with Crippen LogP contribution in [0.1, 0.15) is 47.0 Å². The van der Waals surface area contributed by atoms with Gasteiger partial charge in [-0.05, 0) is 13.3 Å². The molecular weight excluding hydrogens is 152 g/mol. The van der Waals surface area contributed by atoms with Crippen LogP contribution in [0.2, 0.25) is 0 Å². The highest BCUT2D eigenvalue weighted by molar-refractivity contribution is 5.37. The molecule has 1 unspecified atom stereocenters. The van der Waals surface area contributed by atoms with E-state index in [1.54, 1.807) is 0 Å². The Morgan fingerprint density at radius 3 is 2.50 bits per heavy atom. The van der Waals surface area contributed by atoms with Crippen molar-refractivity contribution in [3.05, 3.63) is 0 Å². The van der Waals surface area contributed by atoms with Gasteiger partial charge in [-0.25, -0.2) is 0 Å². The minimum atomic E-state index is 0.0153. The summed E-state index contributed by atoms with van der Waals surface area (Å²) in [6.07, 6.45) is 3.51. The van der Waals surface area contributed by atoms with E-state index in [2.05, 4.69) is 20.8 Å². The van der Waals surface area contributed by atoms with Crippen molar-refractivity contribution in [3.8, 4) is 0 Å². The van der Waals surface area contributed by atoms with Crippen LogP contribution in [0.25, 0.3) is 0 Å². The molecule has 0 aromatic rings. The normalized spacial score (nSPS) is 14.0. The highest BCUT2D eigenvalue weighted by Crippen LogP contribution is 2.28. The SMILES string of the molecule is CCCCC(C)(C)C(C)OC=O. The van der Waals surface area contributed by atoms with Crippen LogP contribution < -0.4 is 0 Å². The van der Waals surface area contributed by atoms with Crippen LogP contribution in [0.5, 0.6) is 0 Å². The van der Waals surface area contributed by atoms with Gasteiger partial charge in [0.25, 0.3) is 6.47 Å². The van der Waals surface area contributed by atoms with Gasteiger partial charge in [0.05, 0.1) is 0 Å². The molecule has 0 rings (SSSR count). The van der Waals surface area contributed by atoms with Gasteiger partial charge in [-0.2, -0.15) is 0 Å². The zero-order chi connectivity index (χ0) is 9.61. The lowest BCUT2D eigenvalue weighted by Gasteiger charge is -2.29. The zero-order valence-electron chi connectivity index (χ0n) is 8.59. The topological polar surface area (TPSA) is 26.3 Å². The van der Waals surface area contributed by atoms with Crippen molar-refractivity contribution in [2.45, 2.75) is 53.1 Å². The average molecular weight is 172 g/mol. The second kappa shape index (κ2) is 5.18. The maximum atomic E-state index is 10.1. The van der Waals surface area contributed by atoms with E-state index in [0.29, 0.717) is 6.47 Å². The van der Waals surface area contributed by atoms with Crippen LogP contribution in [-0.4, -0.2) is 12.6 Å². The lowest BCUT2D eigenvalue weighted by atomic mass is 9.82. The summed E-state index contributed by atoms with van der Waals surface area (Å²) in [6.45, 7) is 8.93. The lowest BCUT2D eigenvalue weighted by molar-refractivity contribution is -0.138. The molecule has 1 atom stereocenters. The van der Waals surface area contributed by atoms with Crippen LogP contribution >= 0.6 is 0 Å². The molecule has 0 N–H and O–H groups in total. The quantitative estimate of drug-likeness (QED) is 0.576. The number of hydrogen-bond acceptors (Lipinski definition) is 2. The number of carbonyl (C=O) groups is 1. The Kier molecular flexibility index (Phi) is 4.95. The molecule has 0 aromatic heterocycles. The first-order valence-corrected chi connectivity index (χ1v) is 4.63. The molecule has 2 heteroatoms. The molecule has 0 aromatic carbocycles. The summed E-state index contributed by atoms with van der Waals surface area (Å²) in [7, 11) is 0. The van der Waals surface area contributed by atoms with E-state index >= 15 is 0 Å². The molecule has 0 fully saturated rings. The maximum absolute atomic E-state index is 10.1. The molecule has 0 bridgehead atoms. The zero-order valence-corrected chi connectivity index (χ0v) is 8.59. The van der Waals surface area contributed by atoms with Crippen molar-refractivity contribution in [1.82, 2.24) is 0 Å². The van der Waals surface area contributed by atoms with E-state index in [0.717, 1.165) is 6.42 Å². The fourth-order valence-electron chi connectivity index (χ4n) is 1.10. The summed E-state index contributed by atoms with van der Waals surface area (Å²) in [6, 6.07) is 0. The predicted molar refractivity (Wildman–Crippen MR) is 49.9 cm³/mol. The molecule has 0 heterocycles. The van der Waals surface area contributed by atoms with Gasteiger partial charge in [0.15, 0.2) is 0 Å². The summed E-state index contributed by atoms with van der Waals surface area (Å²) >= 11 is 0. The molecule has 0 saturated heterocycles. The highest BCUT2D eigenvalue weighted by atomic mass is 16.5. The van der Waals surface area contributed by atoms with Gasteiger partial charge in [-0.15, -0.1) is 0 Å². The Labute approximate surface area is 75.3 Å². The molecule has 0 aliphatic rings. The summed E-state index contributed by atoms with van der Waals surface area (Å²) < 4.78 is 4.92. The molecule has 2 nitrogen and oxygen atoms in total. The summed E-state index contributed by atoms with van der Waals surface area (Å²) in [4.78, 5) is 10.1. The van der Waals surface area contributed by atoms with Gasteiger partial charge in [0.1, 0.15) is 6.10 Å². The Bertz CT molecular complexity index is 130.